The van der Waals surface area contributed by atoms with Crippen LogP contribution in [0.2, 0.25) is 0 Å². The molecule has 0 radical (unpaired) electrons. The van der Waals surface area contributed by atoms with Crippen molar-refractivity contribution >= 4 is 66.3 Å². The molecule has 0 spiro atoms. The molecule has 0 bridgehead atoms. The predicted molar refractivity (Wildman–Crippen MR) is 137 cm³/mol. The monoisotopic (exact) mass is 509 g/mol. The minimum atomic E-state index is 0.533. The maximum Gasteiger partial charge on any atom is 0.229 e. The predicted octanol–water partition coefficient (Wildman–Crippen LogP) is 5.48. The van der Waals surface area contributed by atoms with Gasteiger partial charge >= 0.3 is 0 Å². The molecule has 9 heteroatoms. The molecule has 0 atom stereocenters. The van der Waals surface area contributed by atoms with Crippen molar-refractivity contribution in [1.29, 1.82) is 0 Å². The average Bonchev–Trinajstić information content (AvgIpc) is 3.32. The number of nitrogens with zero attached hydrogens (tertiary/aromatic N) is 5. The quantitative estimate of drug-likeness (QED) is 0.356. The number of para-hydroxylation sites is 1. The summed E-state index contributed by atoms with van der Waals surface area (Å²) in [6, 6.07) is 14.6. The van der Waals surface area contributed by atoms with Crippen molar-refractivity contribution in [2.75, 3.05) is 48.3 Å². The van der Waals surface area contributed by atoms with Crippen molar-refractivity contribution in [2.24, 2.45) is 0 Å². The molecule has 2 aromatic heterocycles. The molecule has 3 heterocycles. The first-order valence-electron chi connectivity index (χ1n) is 10.7. The van der Waals surface area contributed by atoms with E-state index >= 15 is 0 Å². The van der Waals surface area contributed by atoms with Crippen LogP contribution in [-0.4, -0.2) is 52.6 Å². The number of hydrogen-bond acceptors (Lipinski definition) is 8. The summed E-state index contributed by atoms with van der Waals surface area (Å²) in [5.41, 5.74) is 5.91. The summed E-state index contributed by atoms with van der Waals surface area (Å²) in [4.78, 5) is 18.5. The second-order valence-electron chi connectivity index (χ2n) is 7.61. The van der Waals surface area contributed by atoms with Gasteiger partial charge in [0.25, 0.3) is 0 Å². The molecule has 32 heavy (non-hydrogen) atoms. The van der Waals surface area contributed by atoms with Crippen LogP contribution in [0.15, 0.2) is 58.6 Å². The lowest BCUT2D eigenvalue weighted by atomic mass is 10.2. The number of fused-ring (bicyclic) bond motifs is 1. The molecule has 7 nitrogen and oxygen atoms in total. The van der Waals surface area contributed by atoms with Gasteiger partial charge in [0, 0.05) is 43.8 Å². The maximum atomic E-state index is 4.66. The Bertz CT molecular complexity index is 1200. The molecule has 0 unspecified atom stereocenters. The van der Waals surface area contributed by atoms with Crippen LogP contribution < -0.4 is 15.5 Å². The molecule has 2 N–H and O–H groups in total. The van der Waals surface area contributed by atoms with Gasteiger partial charge in [0.1, 0.15) is 11.3 Å². The summed E-state index contributed by atoms with van der Waals surface area (Å²) in [5, 5.41) is 6.70. The highest BCUT2D eigenvalue weighted by molar-refractivity contribution is 9.10. The standard InChI is InChI=1S/C23H24BrN7S/c1-2-30-10-12-31(13-11-30)17-8-6-16(7-9-17)27-23-25-14-18(24)22(29-23)28-19-4-3-5-20-21(19)26-15-32-20/h3-9,14-15H,2,10-13H2,1H3,(H2,25,27,28,29). The highest BCUT2D eigenvalue weighted by atomic mass is 79.9. The van der Waals surface area contributed by atoms with Crippen LogP contribution in [0, 0.1) is 0 Å². The minimum absolute atomic E-state index is 0.533. The lowest BCUT2D eigenvalue weighted by molar-refractivity contribution is 0.271. The largest absolute Gasteiger partial charge is 0.369 e. The number of hydrogen-bond donors (Lipinski definition) is 2. The highest BCUT2D eigenvalue weighted by Gasteiger charge is 2.16. The summed E-state index contributed by atoms with van der Waals surface area (Å²) >= 11 is 5.17. The number of likely N-dealkylation sites (N-methyl/N-ethyl adjacent to an activating group) is 1. The van der Waals surface area contributed by atoms with E-state index in [0.717, 1.165) is 58.8 Å². The van der Waals surface area contributed by atoms with Crippen LogP contribution in [0.3, 0.4) is 0 Å². The normalized spacial score (nSPS) is 14.6. The van der Waals surface area contributed by atoms with E-state index in [0.29, 0.717) is 11.8 Å². The third-order valence-electron chi connectivity index (χ3n) is 5.67. The minimum Gasteiger partial charge on any atom is -0.369 e. The molecule has 2 aromatic carbocycles. The number of piperazine rings is 1. The number of rotatable bonds is 6. The first-order chi connectivity index (χ1) is 15.7. The average molecular weight is 510 g/mol. The topological polar surface area (TPSA) is 69.2 Å². The fraction of sp³-hybridized carbons (Fsp3) is 0.261. The highest BCUT2D eigenvalue weighted by Crippen LogP contribution is 2.30. The van der Waals surface area contributed by atoms with Gasteiger partial charge in [0.2, 0.25) is 5.95 Å². The molecule has 4 aromatic rings. The molecule has 0 aliphatic carbocycles. The van der Waals surface area contributed by atoms with Crippen molar-refractivity contribution in [2.45, 2.75) is 6.92 Å². The van der Waals surface area contributed by atoms with Crippen LogP contribution in [0.5, 0.6) is 0 Å². The van der Waals surface area contributed by atoms with Crippen molar-refractivity contribution in [3.05, 3.63) is 58.6 Å². The van der Waals surface area contributed by atoms with Crippen molar-refractivity contribution in [3.8, 4) is 0 Å². The fourth-order valence-corrected chi connectivity index (χ4v) is 4.83. The molecular formula is C23H24BrN7S. The molecule has 1 aliphatic heterocycles. The number of halogens is 1. The van der Waals surface area contributed by atoms with Gasteiger partial charge in [-0.05, 0) is 58.9 Å². The smallest absolute Gasteiger partial charge is 0.229 e. The van der Waals surface area contributed by atoms with E-state index in [2.05, 4.69) is 88.6 Å². The molecule has 164 valence electrons. The summed E-state index contributed by atoms with van der Waals surface area (Å²) < 4.78 is 1.92. The van der Waals surface area contributed by atoms with Crippen molar-refractivity contribution in [3.63, 3.8) is 0 Å². The van der Waals surface area contributed by atoms with Gasteiger partial charge in [-0.1, -0.05) is 13.0 Å². The van der Waals surface area contributed by atoms with Crippen LogP contribution in [-0.2, 0) is 0 Å². The summed E-state index contributed by atoms with van der Waals surface area (Å²) in [6.07, 6.45) is 1.75. The van der Waals surface area contributed by atoms with Crippen molar-refractivity contribution < 1.29 is 0 Å². The van der Waals surface area contributed by atoms with Crippen LogP contribution in [0.4, 0.5) is 28.8 Å². The third kappa shape index (κ3) is 4.55. The second kappa shape index (κ2) is 9.40. The Morgan fingerprint density at radius 3 is 2.59 bits per heavy atom. The lowest BCUT2D eigenvalue weighted by Gasteiger charge is -2.35. The molecule has 0 amide bonds. The van der Waals surface area contributed by atoms with Gasteiger partial charge in [-0.2, -0.15) is 4.98 Å². The summed E-state index contributed by atoms with van der Waals surface area (Å²) in [7, 11) is 0. The molecule has 0 saturated carbocycles. The zero-order chi connectivity index (χ0) is 21.9. The van der Waals surface area contributed by atoms with Gasteiger partial charge < -0.3 is 20.4 Å². The van der Waals surface area contributed by atoms with Crippen LogP contribution in [0.25, 0.3) is 10.2 Å². The van der Waals surface area contributed by atoms with Gasteiger partial charge in [-0.25, -0.2) is 9.97 Å². The third-order valence-corrected chi connectivity index (χ3v) is 7.04. The second-order valence-corrected chi connectivity index (χ2v) is 9.35. The van der Waals surface area contributed by atoms with Crippen LogP contribution >= 0.6 is 27.3 Å². The molecule has 1 fully saturated rings. The van der Waals surface area contributed by atoms with E-state index in [1.165, 1.54) is 5.69 Å². The molecule has 1 aliphatic rings. The van der Waals surface area contributed by atoms with E-state index in [1.807, 2.05) is 17.6 Å². The SMILES string of the molecule is CCN1CCN(c2ccc(Nc3ncc(Br)c(Nc4cccc5scnc45)n3)cc2)CC1. The van der Waals surface area contributed by atoms with Gasteiger partial charge in [-0.3, -0.25) is 0 Å². The molecule has 5 rings (SSSR count). The maximum absolute atomic E-state index is 4.66. The van der Waals surface area contributed by atoms with Gasteiger partial charge in [0.15, 0.2) is 0 Å². The lowest BCUT2D eigenvalue weighted by Crippen LogP contribution is -2.46. The van der Waals surface area contributed by atoms with E-state index in [1.54, 1.807) is 17.5 Å². The number of benzene rings is 2. The number of nitrogens with one attached hydrogen (secondary N) is 2. The number of aromatic nitrogens is 3. The molecule has 1 saturated heterocycles. The van der Waals surface area contributed by atoms with Gasteiger partial charge in [-0.15, -0.1) is 11.3 Å². The Balaban J connectivity index is 1.29. The Morgan fingerprint density at radius 2 is 1.81 bits per heavy atom. The first-order valence-corrected chi connectivity index (χ1v) is 12.3. The Labute approximate surface area is 199 Å². The van der Waals surface area contributed by atoms with E-state index in [-0.39, 0.29) is 0 Å². The zero-order valence-electron chi connectivity index (χ0n) is 17.8. The Morgan fingerprint density at radius 1 is 1.00 bits per heavy atom. The van der Waals surface area contributed by atoms with E-state index < -0.39 is 0 Å². The van der Waals surface area contributed by atoms with Crippen molar-refractivity contribution in [1.82, 2.24) is 19.9 Å². The number of thiazole rings is 1. The summed E-state index contributed by atoms with van der Waals surface area (Å²) in [5.74, 6) is 1.22. The van der Waals surface area contributed by atoms with Gasteiger partial charge in [0.05, 0.1) is 20.4 Å². The molecular weight excluding hydrogens is 486 g/mol. The zero-order valence-corrected chi connectivity index (χ0v) is 20.2. The fourth-order valence-electron chi connectivity index (χ4n) is 3.84. The first kappa shape index (κ1) is 21.1. The van der Waals surface area contributed by atoms with Crippen LogP contribution in [0.1, 0.15) is 6.92 Å². The Hall–Kier alpha value is -2.75. The van der Waals surface area contributed by atoms with E-state index in [4.69, 9.17) is 0 Å². The van der Waals surface area contributed by atoms with E-state index in [9.17, 15) is 0 Å². The number of anilines is 5. The summed E-state index contributed by atoms with van der Waals surface area (Å²) in [6.45, 7) is 7.72. The Kier molecular flexibility index (Phi) is 6.20.